The maximum atomic E-state index is 11.0. The molecule has 1 fully saturated rings. The molecule has 0 spiro atoms. The first-order chi connectivity index (χ1) is 16.1. The average molecular weight is 470 g/mol. The Morgan fingerprint density at radius 2 is 1.97 bits per heavy atom. The quantitative estimate of drug-likeness (QED) is 0.543. The molecule has 0 unspecified atom stereocenters. The summed E-state index contributed by atoms with van der Waals surface area (Å²) in [5.74, 6) is 2.22. The fourth-order valence-corrected chi connectivity index (χ4v) is 4.80. The third-order valence-electron chi connectivity index (χ3n) is 6.48. The molecule has 8 heteroatoms. The Balaban J connectivity index is 1.16. The maximum Gasteiger partial charge on any atom is 0.231 e. The Morgan fingerprint density at radius 1 is 1.18 bits per heavy atom. The van der Waals surface area contributed by atoms with Gasteiger partial charge < -0.3 is 29.5 Å². The van der Waals surface area contributed by atoms with Crippen molar-refractivity contribution >= 4 is 22.5 Å². The smallest absolute Gasteiger partial charge is 0.231 e. The molecule has 1 atom stereocenters. The third-order valence-corrected chi connectivity index (χ3v) is 6.83. The molecule has 0 amide bonds. The van der Waals surface area contributed by atoms with Gasteiger partial charge >= 0.3 is 0 Å². The number of benzene rings is 2. The highest BCUT2D eigenvalue weighted by Crippen LogP contribution is 2.37. The summed E-state index contributed by atoms with van der Waals surface area (Å²) in [6, 6.07) is 11.8. The zero-order chi connectivity index (χ0) is 22.8. The van der Waals surface area contributed by atoms with Gasteiger partial charge in [0.1, 0.15) is 5.75 Å². The van der Waals surface area contributed by atoms with Crippen LogP contribution in [0.2, 0.25) is 5.02 Å². The average Bonchev–Trinajstić information content (AvgIpc) is 3.29. The molecule has 33 heavy (non-hydrogen) atoms. The van der Waals surface area contributed by atoms with E-state index in [-0.39, 0.29) is 6.79 Å². The number of piperidine rings is 1. The Kier molecular flexibility index (Phi) is 6.55. The maximum absolute atomic E-state index is 11.0. The van der Waals surface area contributed by atoms with Crippen molar-refractivity contribution in [2.75, 3.05) is 33.5 Å². The number of rotatable bonds is 7. The van der Waals surface area contributed by atoms with Crippen LogP contribution in [0.25, 0.3) is 10.9 Å². The predicted octanol–water partition coefficient (Wildman–Crippen LogP) is 3.91. The van der Waals surface area contributed by atoms with Crippen LogP contribution in [-0.2, 0) is 6.54 Å². The SMILES string of the molecule is COc1ccc2nccc([C@@H](O)CN3CCC(NCc4cc5c(cc4Cl)OCO5)CC3)c2c1. The molecule has 2 aliphatic heterocycles. The molecule has 3 heterocycles. The van der Waals surface area contributed by atoms with Crippen LogP contribution in [0.5, 0.6) is 17.2 Å². The third kappa shape index (κ3) is 4.87. The van der Waals surface area contributed by atoms with Crippen molar-refractivity contribution in [3.8, 4) is 17.2 Å². The van der Waals surface area contributed by atoms with Crippen LogP contribution >= 0.6 is 11.6 Å². The first kappa shape index (κ1) is 22.2. The van der Waals surface area contributed by atoms with E-state index in [1.807, 2.05) is 36.4 Å². The van der Waals surface area contributed by atoms with Gasteiger partial charge in [0.2, 0.25) is 6.79 Å². The van der Waals surface area contributed by atoms with Gasteiger partial charge in [0.25, 0.3) is 0 Å². The van der Waals surface area contributed by atoms with Crippen molar-refractivity contribution in [3.63, 3.8) is 0 Å². The number of halogens is 1. The van der Waals surface area contributed by atoms with E-state index < -0.39 is 6.10 Å². The zero-order valence-corrected chi connectivity index (χ0v) is 19.3. The van der Waals surface area contributed by atoms with Crippen molar-refractivity contribution < 1.29 is 19.3 Å². The van der Waals surface area contributed by atoms with Crippen LogP contribution in [0.4, 0.5) is 0 Å². The molecule has 2 N–H and O–H groups in total. The number of aliphatic hydroxyl groups excluding tert-OH is 1. The molecular formula is C25H28ClN3O4. The minimum absolute atomic E-state index is 0.246. The largest absolute Gasteiger partial charge is 0.497 e. The number of aliphatic hydroxyl groups is 1. The molecule has 2 aliphatic rings. The molecule has 7 nitrogen and oxygen atoms in total. The molecule has 1 saturated heterocycles. The molecule has 3 aromatic rings. The van der Waals surface area contributed by atoms with Crippen LogP contribution in [-0.4, -0.2) is 54.6 Å². The molecule has 0 radical (unpaired) electrons. The minimum Gasteiger partial charge on any atom is -0.497 e. The number of likely N-dealkylation sites (tertiary alicyclic amines) is 1. The van der Waals surface area contributed by atoms with Crippen molar-refractivity contribution in [3.05, 3.63) is 58.7 Å². The van der Waals surface area contributed by atoms with E-state index in [1.165, 1.54) is 0 Å². The van der Waals surface area contributed by atoms with Gasteiger partial charge in [0, 0.05) is 41.8 Å². The second kappa shape index (κ2) is 9.73. The van der Waals surface area contributed by atoms with E-state index >= 15 is 0 Å². The molecule has 1 aromatic heterocycles. The number of aromatic nitrogens is 1. The van der Waals surface area contributed by atoms with Gasteiger partial charge in [0.05, 0.1) is 18.7 Å². The molecule has 174 valence electrons. The fraction of sp³-hybridized carbons (Fsp3) is 0.400. The van der Waals surface area contributed by atoms with E-state index in [2.05, 4.69) is 15.2 Å². The summed E-state index contributed by atoms with van der Waals surface area (Å²) in [6.45, 7) is 3.38. The highest BCUT2D eigenvalue weighted by molar-refractivity contribution is 6.31. The first-order valence-corrected chi connectivity index (χ1v) is 11.6. The molecular weight excluding hydrogens is 442 g/mol. The molecule has 2 aromatic carbocycles. The summed E-state index contributed by atoms with van der Waals surface area (Å²) in [6.07, 6.45) is 3.20. The number of hydrogen-bond donors (Lipinski definition) is 2. The first-order valence-electron chi connectivity index (χ1n) is 11.2. The molecule has 5 rings (SSSR count). The van der Waals surface area contributed by atoms with Gasteiger partial charge in [-0.2, -0.15) is 0 Å². The van der Waals surface area contributed by atoms with Gasteiger partial charge in [-0.3, -0.25) is 4.98 Å². The number of fused-ring (bicyclic) bond motifs is 2. The van der Waals surface area contributed by atoms with Gasteiger partial charge in [-0.25, -0.2) is 0 Å². The summed E-state index contributed by atoms with van der Waals surface area (Å²) in [5, 5.41) is 16.2. The highest BCUT2D eigenvalue weighted by Gasteiger charge is 2.23. The Morgan fingerprint density at radius 3 is 2.76 bits per heavy atom. The molecule has 0 aliphatic carbocycles. The number of pyridine rings is 1. The predicted molar refractivity (Wildman–Crippen MR) is 127 cm³/mol. The van der Waals surface area contributed by atoms with Gasteiger partial charge in [-0.05, 0) is 67.4 Å². The Bertz CT molecular complexity index is 1130. The lowest BCUT2D eigenvalue weighted by atomic mass is 10.0. The summed E-state index contributed by atoms with van der Waals surface area (Å²) < 4.78 is 16.2. The number of nitrogens with one attached hydrogen (secondary N) is 1. The highest BCUT2D eigenvalue weighted by atomic mass is 35.5. The second-order valence-electron chi connectivity index (χ2n) is 8.55. The summed E-state index contributed by atoms with van der Waals surface area (Å²) in [5.41, 5.74) is 2.76. The number of methoxy groups -OCH3 is 1. The summed E-state index contributed by atoms with van der Waals surface area (Å²) in [7, 11) is 1.65. The van der Waals surface area contributed by atoms with Crippen molar-refractivity contribution in [2.45, 2.75) is 31.5 Å². The standard InChI is InChI=1S/C25H28ClN3O4/c1-31-18-2-3-22-20(11-18)19(4-7-27-22)23(30)14-29-8-5-17(6-9-29)28-13-16-10-24-25(12-21(16)26)33-15-32-24/h2-4,7,10-12,17,23,28,30H,5-6,8-9,13-15H2,1H3/t23-/m0/s1. The number of β-amino-alcohol motifs (C(OH)–C–C–N with tert-alkyl or cyclic N) is 1. The van der Waals surface area contributed by atoms with Crippen molar-refractivity contribution in [2.24, 2.45) is 0 Å². The van der Waals surface area contributed by atoms with E-state index in [0.717, 1.165) is 59.5 Å². The number of nitrogens with zero attached hydrogens (tertiary/aromatic N) is 2. The molecule has 0 bridgehead atoms. The van der Waals surface area contributed by atoms with E-state index in [1.54, 1.807) is 13.3 Å². The van der Waals surface area contributed by atoms with Crippen LogP contribution in [0, 0.1) is 0 Å². The lowest BCUT2D eigenvalue weighted by molar-refractivity contribution is 0.0949. The summed E-state index contributed by atoms with van der Waals surface area (Å²) in [4.78, 5) is 6.74. The van der Waals surface area contributed by atoms with Crippen molar-refractivity contribution in [1.82, 2.24) is 15.2 Å². The van der Waals surface area contributed by atoms with Gasteiger partial charge in [-0.1, -0.05) is 11.6 Å². The topological polar surface area (TPSA) is 76.1 Å². The van der Waals surface area contributed by atoms with E-state index in [4.69, 9.17) is 25.8 Å². The Labute approximate surface area is 198 Å². The van der Waals surface area contributed by atoms with Crippen LogP contribution in [0.15, 0.2) is 42.6 Å². The van der Waals surface area contributed by atoms with Crippen LogP contribution in [0.1, 0.15) is 30.1 Å². The Hall–Kier alpha value is -2.58. The fourth-order valence-electron chi connectivity index (χ4n) is 4.58. The number of hydrogen-bond acceptors (Lipinski definition) is 7. The molecule has 0 saturated carbocycles. The van der Waals surface area contributed by atoms with E-state index in [0.29, 0.717) is 29.9 Å². The van der Waals surface area contributed by atoms with Crippen LogP contribution < -0.4 is 19.5 Å². The lowest BCUT2D eigenvalue weighted by Crippen LogP contribution is -2.43. The number of ether oxygens (including phenoxy) is 3. The normalized spacial score (nSPS) is 17.4. The monoisotopic (exact) mass is 469 g/mol. The summed E-state index contributed by atoms with van der Waals surface area (Å²) >= 11 is 6.40. The lowest BCUT2D eigenvalue weighted by Gasteiger charge is -2.34. The minimum atomic E-state index is -0.584. The van der Waals surface area contributed by atoms with Gasteiger partial charge in [-0.15, -0.1) is 0 Å². The zero-order valence-electron chi connectivity index (χ0n) is 18.6. The van der Waals surface area contributed by atoms with E-state index in [9.17, 15) is 5.11 Å². The van der Waals surface area contributed by atoms with Crippen molar-refractivity contribution in [1.29, 1.82) is 0 Å². The second-order valence-corrected chi connectivity index (χ2v) is 8.96. The van der Waals surface area contributed by atoms with Gasteiger partial charge in [0.15, 0.2) is 11.5 Å². The van der Waals surface area contributed by atoms with Crippen LogP contribution in [0.3, 0.4) is 0 Å².